The van der Waals surface area contributed by atoms with Crippen LogP contribution in [-0.2, 0) is 22.6 Å². The molecule has 5 nitrogen and oxygen atoms in total. The molecular formula is C21H25NO4. The highest BCUT2D eigenvalue weighted by atomic mass is 16.5. The Balaban J connectivity index is 1.56. The third-order valence-corrected chi connectivity index (χ3v) is 4.41. The van der Waals surface area contributed by atoms with Crippen molar-refractivity contribution in [2.45, 2.75) is 32.1 Å². The monoisotopic (exact) mass is 355 g/mol. The SMILES string of the molecule is COCc1ccccc1CNC(=O)c1cccc(OCC2CCCO2)c1. The smallest absolute Gasteiger partial charge is 0.251 e. The van der Waals surface area contributed by atoms with Gasteiger partial charge in [0.15, 0.2) is 0 Å². The summed E-state index contributed by atoms with van der Waals surface area (Å²) in [4.78, 5) is 12.5. The summed E-state index contributed by atoms with van der Waals surface area (Å²) in [5.74, 6) is 0.563. The average Bonchev–Trinajstić information content (AvgIpc) is 3.19. The van der Waals surface area contributed by atoms with Crippen LogP contribution in [0.1, 0.15) is 34.3 Å². The van der Waals surface area contributed by atoms with E-state index < -0.39 is 0 Å². The fraction of sp³-hybridized carbons (Fsp3) is 0.381. The molecule has 0 aliphatic carbocycles. The highest BCUT2D eigenvalue weighted by Gasteiger charge is 2.16. The quantitative estimate of drug-likeness (QED) is 0.789. The van der Waals surface area contributed by atoms with E-state index in [1.165, 1.54) is 0 Å². The number of rotatable bonds is 8. The summed E-state index contributed by atoms with van der Waals surface area (Å²) in [6.07, 6.45) is 2.27. The van der Waals surface area contributed by atoms with Gasteiger partial charge in [-0.3, -0.25) is 4.79 Å². The van der Waals surface area contributed by atoms with E-state index in [0.717, 1.165) is 30.6 Å². The molecule has 1 atom stereocenters. The lowest BCUT2D eigenvalue weighted by Crippen LogP contribution is -2.23. The number of nitrogens with one attached hydrogen (secondary N) is 1. The third-order valence-electron chi connectivity index (χ3n) is 4.41. The molecule has 1 aliphatic rings. The van der Waals surface area contributed by atoms with Crippen molar-refractivity contribution in [3.63, 3.8) is 0 Å². The Morgan fingerprint density at radius 2 is 2.04 bits per heavy atom. The molecule has 1 saturated heterocycles. The molecule has 2 aromatic carbocycles. The molecule has 0 aromatic heterocycles. The van der Waals surface area contributed by atoms with Gasteiger partial charge in [0.25, 0.3) is 5.91 Å². The summed E-state index contributed by atoms with van der Waals surface area (Å²) in [7, 11) is 1.66. The molecule has 1 heterocycles. The van der Waals surface area contributed by atoms with E-state index in [4.69, 9.17) is 14.2 Å². The van der Waals surface area contributed by atoms with Crippen molar-refractivity contribution in [2.75, 3.05) is 20.3 Å². The fourth-order valence-corrected chi connectivity index (χ4v) is 3.00. The summed E-state index contributed by atoms with van der Waals surface area (Å²) in [6.45, 7) is 2.31. The number of ether oxygens (including phenoxy) is 3. The van der Waals surface area contributed by atoms with Crippen LogP contribution in [0, 0.1) is 0 Å². The summed E-state index contributed by atoms with van der Waals surface area (Å²) in [6, 6.07) is 15.2. The van der Waals surface area contributed by atoms with Gasteiger partial charge in [-0.25, -0.2) is 0 Å². The minimum absolute atomic E-state index is 0.125. The van der Waals surface area contributed by atoms with E-state index in [9.17, 15) is 4.79 Å². The van der Waals surface area contributed by atoms with Crippen LogP contribution in [0.3, 0.4) is 0 Å². The van der Waals surface area contributed by atoms with E-state index in [2.05, 4.69) is 5.32 Å². The minimum atomic E-state index is -0.125. The molecule has 1 aliphatic heterocycles. The minimum Gasteiger partial charge on any atom is -0.491 e. The van der Waals surface area contributed by atoms with Gasteiger partial charge in [-0.05, 0) is 42.2 Å². The van der Waals surface area contributed by atoms with Gasteiger partial charge in [0.1, 0.15) is 12.4 Å². The van der Waals surface area contributed by atoms with Crippen molar-refractivity contribution in [3.8, 4) is 5.75 Å². The van der Waals surface area contributed by atoms with Crippen LogP contribution >= 0.6 is 0 Å². The van der Waals surface area contributed by atoms with Gasteiger partial charge in [0.2, 0.25) is 0 Å². The average molecular weight is 355 g/mol. The first kappa shape index (κ1) is 18.4. The number of carbonyl (C=O) groups excluding carboxylic acids is 1. The molecule has 1 N–H and O–H groups in total. The highest BCUT2D eigenvalue weighted by molar-refractivity contribution is 5.94. The molecule has 1 amide bonds. The van der Waals surface area contributed by atoms with E-state index in [-0.39, 0.29) is 12.0 Å². The number of carbonyl (C=O) groups is 1. The van der Waals surface area contributed by atoms with Crippen molar-refractivity contribution >= 4 is 5.91 Å². The number of methoxy groups -OCH3 is 1. The molecule has 0 bridgehead atoms. The number of hydrogen-bond acceptors (Lipinski definition) is 4. The first-order chi connectivity index (χ1) is 12.8. The van der Waals surface area contributed by atoms with Gasteiger partial charge < -0.3 is 19.5 Å². The fourth-order valence-electron chi connectivity index (χ4n) is 3.00. The molecule has 138 valence electrons. The first-order valence-corrected chi connectivity index (χ1v) is 8.94. The van der Waals surface area contributed by atoms with Crippen molar-refractivity contribution in [3.05, 3.63) is 65.2 Å². The van der Waals surface area contributed by atoms with E-state index in [1.54, 1.807) is 19.2 Å². The Morgan fingerprint density at radius 1 is 1.19 bits per heavy atom. The maximum atomic E-state index is 12.5. The van der Waals surface area contributed by atoms with E-state index >= 15 is 0 Å². The predicted octanol–water partition coefficient (Wildman–Crippen LogP) is 3.32. The largest absolute Gasteiger partial charge is 0.491 e. The molecule has 0 radical (unpaired) electrons. The molecule has 0 spiro atoms. The Bertz CT molecular complexity index is 725. The molecule has 5 heteroatoms. The molecule has 3 rings (SSSR count). The van der Waals surface area contributed by atoms with Gasteiger partial charge in [0, 0.05) is 25.8 Å². The highest BCUT2D eigenvalue weighted by Crippen LogP contribution is 2.17. The second kappa shape index (κ2) is 9.36. The first-order valence-electron chi connectivity index (χ1n) is 8.94. The zero-order valence-electron chi connectivity index (χ0n) is 15.1. The zero-order valence-corrected chi connectivity index (χ0v) is 15.1. The molecule has 26 heavy (non-hydrogen) atoms. The van der Waals surface area contributed by atoms with Crippen LogP contribution in [0.4, 0.5) is 0 Å². The van der Waals surface area contributed by atoms with E-state index in [0.29, 0.717) is 31.1 Å². The maximum absolute atomic E-state index is 12.5. The van der Waals surface area contributed by atoms with Gasteiger partial charge in [-0.2, -0.15) is 0 Å². The summed E-state index contributed by atoms with van der Waals surface area (Å²) in [5, 5.41) is 2.96. The predicted molar refractivity (Wildman–Crippen MR) is 99.2 cm³/mol. The Morgan fingerprint density at radius 3 is 2.81 bits per heavy atom. The van der Waals surface area contributed by atoms with Crippen LogP contribution in [-0.4, -0.2) is 32.3 Å². The standard InChI is InChI=1S/C21H25NO4/c1-24-14-18-7-3-2-6-17(18)13-22-21(23)16-8-4-9-19(12-16)26-15-20-10-5-11-25-20/h2-4,6-9,12,20H,5,10-11,13-15H2,1H3,(H,22,23). The zero-order chi connectivity index (χ0) is 18.2. The van der Waals surface area contributed by atoms with Crippen LogP contribution in [0.5, 0.6) is 5.75 Å². The lowest BCUT2D eigenvalue weighted by atomic mass is 10.1. The van der Waals surface area contributed by atoms with Gasteiger partial charge in [-0.15, -0.1) is 0 Å². The van der Waals surface area contributed by atoms with Gasteiger partial charge >= 0.3 is 0 Å². The van der Waals surface area contributed by atoms with Crippen LogP contribution in [0.25, 0.3) is 0 Å². The Kier molecular flexibility index (Phi) is 6.63. The van der Waals surface area contributed by atoms with Crippen LogP contribution in [0.2, 0.25) is 0 Å². The second-order valence-corrected chi connectivity index (χ2v) is 6.36. The second-order valence-electron chi connectivity index (χ2n) is 6.36. The molecule has 2 aromatic rings. The van der Waals surface area contributed by atoms with Gasteiger partial charge in [0.05, 0.1) is 12.7 Å². The lowest BCUT2D eigenvalue weighted by Gasteiger charge is -2.13. The topological polar surface area (TPSA) is 56.8 Å². The van der Waals surface area contributed by atoms with Crippen molar-refractivity contribution in [1.29, 1.82) is 0 Å². The van der Waals surface area contributed by atoms with Crippen LogP contribution < -0.4 is 10.1 Å². The number of amides is 1. The summed E-state index contributed by atoms with van der Waals surface area (Å²) >= 11 is 0. The number of benzene rings is 2. The van der Waals surface area contributed by atoms with Crippen molar-refractivity contribution < 1.29 is 19.0 Å². The van der Waals surface area contributed by atoms with Crippen LogP contribution in [0.15, 0.2) is 48.5 Å². The Hall–Kier alpha value is -2.37. The van der Waals surface area contributed by atoms with Crippen molar-refractivity contribution in [1.82, 2.24) is 5.32 Å². The maximum Gasteiger partial charge on any atom is 0.251 e. The molecule has 0 saturated carbocycles. The molecular weight excluding hydrogens is 330 g/mol. The normalized spacial score (nSPS) is 16.4. The number of hydrogen-bond donors (Lipinski definition) is 1. The molecule has 1 unspecified atom stereocenters. The summed E-state index contributed by atoms with van der Waals surface area (Å²) in [5.41, 5.74) is 2.71. The van der Waals surface area contributed by atoms with Crippen molar-refractivity contribution in [2.24, 2.45) is 0 Å². The lowest BCUT2D eigenvalue weighted by molar-refractivity contribution is 0.0679. The van der Waals surface area contributed by atoms with E-state index in [1.807, 2.05) is 36.4 Å². The summed E-state index contributed by atoms with van der Waals surface area (Å²) < 4.78 is 16.5. The van der Waals surface area contributed by atoms with Gasteiger partial charge in [-0.1, -0.05) is 30.3 Å². The molecule has 1 fully saturated rings. The Labute approximate surface area is 154 Å². The third kappa shape index (κ3) is 5.07.